The molecule has 21 heavy (non-hydrogen) atoms. The van der Waals surface area contributed by atoms with Crippen molar-refractivity contribution in [2.24, 2.45) is 5.92 Å². The molecule has 1 fully saturated rings. The summed E-state index contributed by atoms with van der Waals surface area (Å²) >= 11 is 0. The number of ether oxygens (including phenoxy) is 1. The van der Waals surface area contributed by atoms with Gasteiger partial charge in [0.05, 0.1) is 6.26 Å². The summed E-state index contributed by atoms with van der Waals surface area (Å²) in [5.74, 6) is -0.320. The summed E-state index contributed by atoms with van der Waals surface area (Å²) in [5, 5.41) is 12.3. The smallest absolute Gasteiger partial charge is 0.289 e. The van der Waals surface area contributed by atoms with Crippen molar-refractivity contribution < 1.29 is 23.8 Å². The summed E-state index contributed by atoms with van der Waals surface area (Å²) in [6.07, 6.45) is 2.04. The van der Waals surface area contributed by atoms with Gasteiger partial charge in [0.25, 0.3) is 5.91 Å². The molecule has 7 heteroatoms. The first kappa shape index (κ1) is 15.5. The van der Waals surface area contributed by atoms with Crippen LogP contribution < -0.4 is 5.32 Å². The Morgan fingerprint density at radius 1 is 1.57 bits per heavy atom. The van der Waals surface area contributed by atoms with Gasteiger partial charge in [-0.15, -0.1) is 0 Å². The Morgan fingerprint density at radius 2 is 2.38 bits per heavy atom. The van der Waals surface area contributed by atoms with Crippen LogP contribution in [-0.2, 0) is 9.53 Å². The number of rotatable bonds is 5. The molecule has 0 saturated carbocycles. The monoisotopic (exact) mass is 296 g/mol. The highest BCUT2D eigenvalue weighted by Crippen LogP contribution is 2.19. The molecular formula is C14H20N2O5. The van der Waals surface area contributed by atoms with Crippen LogP contribution in [0.3, 0.4) is 0 Å². The van der Waals surface area contributed by atoms with Crippen molar-refractivity contribution >= 4 is 11.8 Å². The topological polar surface area (TPSA) is 92.0 Å². The summed E-state index contributed by atoms with van der Waals surface area (Å²) in [4.78, 5) is 25.4. The van der Waals surface area contributed by atoms with E-state index in [9.17, 15) is 14.7 Å². The molecular weight excluding hydrogens is 276 g/mol. The number of nitrogens with one attached hydrogen (secondary N) is 1. The summed E-state index contributed by atoms with van der Waals surface area (Å²) in [6.45, 7) is 0.783. The Balaban J connectivity index is 1.94. The summed E-state index contributed by atoms with van der Waals surface area (Å²) < 4.78 is 9.87. The van der Waals surface area contributed by atoms with Gasteiger partial charge in [-0.3, -0.25) is 9.59 Å². The van der Waals surface area contributed by atoms with Crippen molar-refractivity contribution in [2.75, 3.05) is 33.4 Å². The van der Waals surface area contributed by atoms with E-state index in [4.69, 9.17) is 9.15 Å². The predicted molar refractivity (Wildman–Crippen MR) is 73.6 cm³/mol. The molecule has 2 heterocycles. The standard InChI is InChI=1S/C14H20N2O5/c1-20-9-13(18)15-11-4-5-16(7-10(11)8-17)14(19)12-3-2-6-21-12/h2-3,6,10-11,17H,4-5,7-9H2,1H3,(H,15,18)/t10-,11-/m1/s1. The molecule has 0 bridgehead atoms. The summed E-state index contributed by atoms with van der Waals surface area (Å²) in [6, 6.07) is 3.12. The number of amides is 2. The van der Waals surface area contributed by atoms with E-state index in [-0.39, 0.29) is 42.7 Å². The van der Waals surface area contributed by atoms with E-state index in [1.807, 2.05) is 0 Å². The van der Waals surface area contributed by atoms with Gasteiger partial charge in [-0.25, -0.2) is 0 Å². The molecule has 0 radical (unpaired) electrons. The molecule has 0 aliphatic carbocycles. The molecule has 2 N–H and O–H groups in total. The Kier molecular flexibility index (Phi) is 5.35. The maximum absolute atomic E-state index is 12.2. The highest BCUT2D eigenvalue weighted by Gasteiger charge is 2.33. The molecule has 0 spiro atoms. The average Bonchev–Trinajstić information content (AvgIpc) is 3.01. The fourth-order valence-corrected chi connectivity index (χ4v) is 2.53. The van der Waals surface area contributed by atoms with E-state index < -0.39 is 0 Å². The van der Waals surface area contributed by atoms with Crippen LogP contribution in [0.15, 0.2) is 22.8 Å². The van der Waals surface area contributed by atoms with Crippen molar-refractivity contribution in [3.8, 4) is 0 Å². The van der Waals surface area contributed by atoms with E-state index in [1.165, 1.54) is 13.4 Å². The number of aliphatic hydroxyl groups is 1. The first-order valence-electron chi connectivity index (χ1n) is 6.87. The molecule has 116 valence electrons. The second kappa shape index (κ2) is 7.24. The van der Waals surface area contributed by atoms with E-state index in [2.05, 4.69) is 5.32 Å². The van der Waals surface area contributed by atoms with Gasteiger partial charge in [0.1, 0.15) is 6.61 Å². The summed E-state index contributed by atoms with van der Waals surface area (Å²) in [7, 11) is 1.45. The molecule has 0 unspecified atom stereocenters. The zero-order valence-electron chi connectivity index (χ0n) is 11.9. The average molecular weight is 296 g/mol. The molecule has 1 aliphatic heterocycles. The lowest BCUT2D eigenvalue weighted by Crippen LogP contribution is -2.54. The third-order valence-corrected chi connectivity index (χ3v) is 3.61. The first-order valence-corrected chi connectivity index (χ1v) is 6.87. The lowest BCUT2D eigenvalue weighted by atomic mass is 9.92. The Morgan fingerprint density at radius 3 is 3.00 bits per heavy atom. The molecule has 2 atom stereocenters. The van der Waals surface area contributed by atoms with Crippen molar-refractivity contribution in [1.29, 1.82) is 0 Å². The van der Waals surface area contributed by atoms with Crippen LogP contribution in [0.4, 0.5) is 0 Å². The SMILES string of the molecule is COCC(=O)N[C@@H]1CCN(C(=O)c2ccco2)C[C@@H]1CO. The summed E-state index contributed by atoms with van der Waals surface area (Å²) in [5.41, 5.74) is 0. The molecule has 1 aromatic heterocycles. The third kappa shape index (κ3) is 3.83. The zero-order chi connectivity index (χ0) is 15.2. The quantitative estimate of drug-likeness (QED) is 0.789. The van der Waals surface area contributed by atoms with Crippen LogP contribution in [0.2, 0.25) is 0 Å². The van der Waals surface area contributed by atoms with Crippen molar-refractivity contribution in [3.63, 3.8) is 0 Å². The minimum Gasteiger partial charge on any atom is -0.459 e. The minimum atomic E-state index is -0.216. The highest BCUT2D eigenvalue weighted by atomic mass is 16.5. The number of hydrogen-bond donors (Lipinski definition) is 2. The van der Waals surface area contributed by atoms with E-state index in [1.54, 1.807) is 17.0 Å². The highest BCUT2D eigenvalue weighted by molar-refractivity contribution is 5.91. The first-order chi connectivity index (χ1) is 10.2. The number of piperidine rings is 1. The molecule has 1 aromatic rings. The van der Waals surface area contributed by atoms with Gasteiger partial charge in [-0.05, 0) is 18.6 Å². The third-order valence-electron chi connectivity index (χ3n) is 3.61. The number of furan rings is 1. The number of methoxy groups -OCH3 is 1. The predicted octanol–water partition coefficient (Wildman–Crippen LogP) is -0.135. The van der Waals surface area contributed by atoms with Gasteiger partial charge in [0.2, 0.25) is 5.91 Å². The second-order valence-electron chi connectivity index (χ2n) is 5.07. The van der Waals surface area contributed by atoms with E-state index in [0.29, 0.717) is 19.5 Å². The van der Waals surface area contributed by atoms with Crippen LogP contribution in [0.5, 0.6) is 0 Å². The fraction of sp³-hybridized carbons (Fsp3) is 0.571. The lowest BCUT2D eigenvalue weighted by molar-refractivity contribution is -0.126. The lowest BCUT2D eigenvalue weighted by Gasteiger charge is -2.37. The zero-order valence-corrected chi connectivity index (χ0v) is 11.9. The number of carbonyl (C=O) groups is 2. The van der Waals surface area contributed by atoms with Gasteiger partial charge in [0.15, 0.2) is 5.76 Å². The molecule has 1 saturated heterocycles. The Labute approximate surface area is 122 Å². The van der Waals surface area contributed by atoms with Crippen molar-refractivity contribution in [3.05, 3.63) is 24.2 Å². The molecule has 2 amide bonds. The van der Waals surface area contributed by atoms with Crippen molar-refractivity contribution in [1.82, 2.24) is 10.2 Å². The molecule has 0 aromatic carbocycles. The minimum absolute atomic E-state index is 0.0102. The van der Waals surface area contributed by atoms with Gasteiger partial charge in [0, 0.05) is 38.8 Å². The fourth-order valence-electron chi connectivity index (χ4n) is 2.53. The number of carbonyl (C=O) groups excluding carboxylic acids is 2. The number of likely N-dealkylation sites (tertiary alicyclic amines) is 1. The van der Waals surface area contributed by atoms with Gasteiger partial charge in [-0.1, -0.05) is 0 Å². The largest absolute Gasteiger partial charge is 0.459 e. The van der Waals surface area contributed by atoms with E-state index in [0.717, 1.165) is 0 Å². The van der Waals surface area contributed by atoms with Crippen LogP contribution in [-0.4, -0.2) is 61.3 Å². The maximum Gasteiger partial charge on any atom is 0.289 e. The molecule has 7 nitrogen and oxygen atoms in total. The van der Waals surface area contributed by atoms with Gasteiger partial charge < -0.3 is 24.5 Å². The Hall–Kier alpha value is -1.86. The van der Waals surface area contributed by atoms with Crippen molar-refractivity contribution in [2.45, 2.75) is 12.5 Å². The van der Waals surface area contributed by atoms with Crippen LogP contribution in [0.1, 0.15) is 17.0 Å². The van der Waals surface area contributed by atoms with Gasteiger partial charge in [-0.2, -0.15) is 0 Å². The number of nitrogens with zero attached hydrogens (tertiary/aromatic N) is 1. The van der Waals surface area contributed by atoms with Crippen LogP contribution >= 0.6 is 0 Å². The second-order valence-corrected chi connectivity index (χ2v) is 5.07. The van der Waals surface area contributed by atoms with E-state index >= 15 is 0 Å². The molecule has 2 rings (SSSR count). The maximum atomic E-state index is 12.2. The Bertz CT molecular complexity index is 474. The normalized spacial score (nSPS) is 22.1. The number of aliphatic hydroxyl groups excluding tert-OH is 1. The van der Waals surface area contributed by atoms with Crippen LogP contribution in [0.25, 0.3) is 0 Å². The van der Waals surface area contributed by atoms with Gasteiger partial charge >= 0.3 is 0 Å². The number of hydrogen-bond acceptors (Lipinski definition) is 5. The van der Waals surface area contributed by atoms with Crippen LogP contribution in [0, 0.1) is 5.92 Å². The molecule has 1 aliphatic rings.